The highest BCUT2D eigenvalue weighted by molar-refractivity contribution is 7.09. The third kappa shape index (κ3) is 2.33. The van der Waals surface area contributed by atoms with Crippen LogP contribution in [0.15, 0.2) is 35.7 Å². The van der Waals surface area contributed by atoms with E-state index in [-0.39, 0.29) is 6.04 Å². The summed E-state index contributed by atoms with van der Waals surface area (Å²) in [5, 5.41) is 2.10. The van der Waals surface area contributed by atoms with Crippen molar-refractivity contribution in [3.8, 4) is 0 Å². The molecule has 0 aliphatic carbocycles. The van der Waals surface area contributed by atoms with Gasteiger partial charge in [-0.05, 0) is 28.1 Å². The van der Waals surface area contributed by atoms with Crippen LogP contribution in [0.3, 0.4) is 0 Å². The van der Waals surface area contributed by atoms with E-state index in [1.165, 1.54) is 21.6 Å². The molecule has 18 heavy (non-hydrogen) atoms. The Morgan fingerprint density at radius 1 is 1.28 bits per heavy atom. The van der Waals surface area contributed by atoms with Crippen LogP contribution in [-0.2, 0) is 24.4 Å². The SMILES string of the molecule is NNC(Cc1cccs1)c1ccc2c(c1)COC2. The smallest absolute Gasteiger partial charge is 0.0725 e. The molecule has 1 aromatic carbocycles. The van der Waals surface area contributed by atoms with Crippen LogP contribution < -0.4 is 11.3 Å². The van der Waals surface area contributed by atoms with Crippen LogP contribution in [0.4, 0.5) is 0 Å². The van der Waals surface area contributed by atoms with Gasteiger partial charge in [-0.25, -0.2) is 0 Å². The standard InChI is InChI=1S/C14H16N2OS/c15-16-14(7-13-2-1-5-18-13)10-3-4-11-8-17-9-12(11)6-10/h1-6,14,16H,7-9,15H2. The molecule has 2 aromatic rings. The molecular weight excluding hydrogens is 244 g/mol. The summed E-state index contributed by atoms with van der Waals surface area (Å²) in [4.78, 5) is 1.34. The number of ether oxygens (including phenoxy) is 1. The lowest BCUT2D eigenvalue weighted by Gasteiger charge is -2.16. The van der Waals surface area contributed by atoms with Crippen LogP contribution in [0.2, 0.25) is 0 Å². The molecule has 0 spiro atoms. The van der Waals surface area contributed by atoms with Gasteiger partial charge in [-0.3, -0.25) is 11.3 Å². The van der Waals surface area contributed by atoms with Gasteiger partial charge in [-0.2, -0.15) is 0 Å². The van der Waals surface area contributed by atoms with Gasteiger partial charge < -0.3 is 4.74 Å². The van der Waals surface area contributed by atoms with Gasteiger partial charge >= 0.3 is 0 Å². The molecule has 94 valence electrons. The van der Waals surface area contributed by atoms with Gasteiger partial charge in [-0.1, -0.05) is 24.3 Å². The Kier molecular flexibility index (Phi) is 3.43. The molecular formula is C14H16N2OS. The molecule has 4 heteroatoms. The molecule has 0 saturated carbocycles. The van der Waals surface area contributed by atoms with Crippen LogP contribution >= 0.6 is 11.3 Å². The van der Waals surface area contributed by atoms with Crippen molar-refractivity contribution in [1.29, 1.82) is 0 Å². The number of fused-ring (bicyclic) bond motifs is 1. The zero-order valence-corrected chi connectivity index (χ0v) is 10.9. The summed E-state index contributed by atoms with van der Waals surface area (Å²) in [5.41, 5.74) is 6.73. The molecule has 3 N–H and O–H groups in total. The molecule has 1 aromatic heterocycles. The van der Waals surface area contributed by atoms with E-state index in [1.54, 1.807) is 11.3 Å². The Morgan fingerprint density at radius 2 is 2.17 bits per heavy atom. The van der Waals surface area contributed by atoms with Crippen molar-refractivity contribution in [2.45, 2.75) is 25.7 Å². The van der Waals surface area contributed by atoms with Crippen molar-refractivity contribution < 1.29 is 4.74 Å². The Bertz CT molecular complexity index is 525. The Labute approximate surface area is 111 Å². The minimum Gasteiger partial charge on any atom is -0.372 e. The fourth-order valence-electron chi connectivity index (χ4n) is 2.31. The lowest BCUT2D eigenvalue weighted by Crippen LogP contribution is -2.29. The molecule has 1 atom stereocenters. The molecule has 0 fully saturated rings. The van der Waals surface area contributed by atoms with E-state index in [1.807, 2.05) is 0 Å². The van der Waals surface area contributed by atoms with Gasteiger partial charge in [0, 0.05) is 11.3 Å². The second-order valence-electron chi connectivity index (χ2n) is 4.52. The fraction of sp³-hybridized carbons (Fsp3) is 0.286. The summed E-state index contributed by atoms with van der Waals surface area (Å²) in [6, 6.07) is 10.9. The molecule has 1 unspecified atom stereocenters. The first-order chi connectivity index (χ1) is 8.86. The maximum absolute atomic E-state index is 5.69. The predicted molar refractivity (Wildman–Crippen MR) is 73.0 cm³/mol. The van der Waals surface area contributed by atoms with E-state index in [0.29, 0.717) is 0 Å². The Balaban J connectivity index is 1.83. The molecule has 0 saturated heterocycles. The van der Waals surface area contributed by atoms with Crippen LogP contribution in [0.1, 0.15) is 27.6 Å². The number of hydrogen-bond acceptors (Lipinski definition) is 4. The second kappa shape index (κ2) is 5.20. The highest BCUT2D eigenvalue weighted by Crippen LogP contribution is 2.26. The first-order valence-electron chi connectivity index (χ1n) is 6.05. The van der Waals surface area contributed by atoms with Crippen LogP contribution in [-0.4, -0.2) is 0 Å². The highest BCUT2D eigenvalue weighted by atomic mass is 32.1. The minimum absolute atomic E-state index is 0.162. The number of thiophene rings is 1. The number of hydrazine groups is 1. The molecule has 1 aliphatic heterocycles. The lowest BCUT2D eigenvalue weighted by atomic mass is 9.99. The molecule has 2 heterocycles. The Hall–Kier alpha value is -1.20. The van der Waals surface area contributed by atoms with E-state index in [0.717, 1.165) is 19.6 Å². The maximum atomic E-state index is 5.69. The van der Waals surface area contributed by atoms with Crippen molar-refractivity contribution >= 4 is 11.3 Å². The lowest BCUT2D eigenvalue weighted by molar-refractivity contribution is 0.134. The van der Waals surface area contributed by atoms with Crippen molar-refractivity contribution in [3.05, 3.63) is 57.3 Å². The number of hydrogen-bond donors (Lipinski definition) is 2. The predicted octanol–water partition coefficient (Wildman–Crippen LogP) is 2.53. The quantitative estimate of drug-likeness (QED) is 0.656. The van der Waals surface area contributed by atoms with E-state index in [9.17, 15) is 0 Å². The molecule has 3 rings (SSSR count). The van der Waals surface area contributed by atoms with Crippen LogP contribution in [0, 0.1) is 0 Å². The summed E-state index contributed by atoms with van der Waals surface area (Å²) in [7, 11) is 0. The summed E-state index contributed by atoms with van der Waals surface area (Å²) in [6.45, 7) is 1.46. The number of nitrogens with two attached hydrogens (primary N) is 1. The van der Waals surface area contributed by atoms with Crippen molar-refractivity contribution in [3.63, 3.8) is 0 Å². The normalized spacial score (nSPS) is 15.6. The third-order valence-corrected chi connectivity index (χ3v) is 4.23. The van der Waals surface area contributed by atoms with Crippen LogP contribution in [0.5, 0.6) is 0 Å². The van der Waals surface area contributed by atoms with Crippen LogP contribution in [0.25, 0.3) is 0 Å². The summed E-state index contributed by atoms with van der Waals surface area (Å²) in [6.07, 6.45) is 0.924. The number of nitrogens with one attached hydrogen (secondary N) is 1. The van der Waals surface area contributed by atoms with E-state index in [2.05, 4.69) is 41.1 Å². The molecule has 3 nitrogen and oxygen atoms in total. The number of rotatable bonds is 4. The summed E-state index contributed by atoms with van der Waals surface area (Å²) >= 11 is 1.77. The summed E-state index contributed by atoms with van der Waals surface area (Å²) in [5.74, 6) is 5.69. The third-order valence-electron chi connectivity index (χ3n) is 3.33. The van der Waals surface area contributed by atoms with Crippen molar-refractivity contribution in [2.75, 3.05) is 0 Å². The van der Waals surface area contributed by atoms with Gasteiger partial charge in [0.2, 0.25) is 0 Å². The first-order valence-corrected chi connectivity index (χ1v) is 6.93. The average molecular weight is 260 g/mol. The van der Waals surface area contributed by atoms with Gasteiger partial charge in [0.25, 0.3) is 0 Å². The first kappa shape index (κ1) is 11.9. The van der Waals surface area contributed by atoms with Crippen molar-refractivity contribution in [2.24, 2.45) is 5.84 Å². The molecule has 0 amide bonds. The molecule has 1 aliphatic rings. The van der Waals surface area contributed by atoms with Gasteiger partial charge in [0.05, 0.1) is 19.3 Å². The largest absolute Gasteiger partial charge is 0.372 e. The van der Waals surface area contributed by atoms with Gasteiger partial charge in [-0.15, -0.1) is 11.3 Å². The van der Waals surface area contributed by atoms with E-state index >= 15 is 0 Å². The average Bonchev–Trinajstić information content (AvgIpc) is 3.06. The zero-order valence-electron chi connectivity index (χ0n) is 10.1. The maximum Gasteiger partial charge on any atom is 0.0725 e. The summed E-state index contributed by atoms with van der Waals surface area (Å²) < 4.78 is 5.44. The van der Waals surface area contributed by atoms with Gasteiger partial charge in [0.1, 0.15) is 0 Å². The minimum atomic E-state index is 0.162. The second-order valence-corrected chi connectivity index (χ2v) is 5.56. The van der Waals surface area contributed by atoms with Gasteiger partial charge in [0.15, 0.2) is 0 Å². The fourth-order valence-corrected chi connectivity index (χ4v) is 3.06. The topological polar surface area (TPSA) is 47.3 Å². The zero-order chi connectivity index (χ0) is 12.4. The van der Waals surface area contributed by atoms with E-state index in [4.69, 9.17) is 10.6 Å². The van der Waals surface area contributed by atoms with Crippen molar-refractivity contribution in [1.82, 2.24) is 5.43 Å². The molecule has 0 radical (unpaired) electrons. The monoisotopic (exact) mass is 260 g/mol. The number of benzene rings is 1. The molecule has 0 bridgehead atoms. The highest BCUT2D eigenvalue weighted by Gasteiger charge is 2.16. The van der Waals surface area contributed by atoms with E-state index < -0.39 is 0 Å². The Morgan fingerprint density at radius 3 is 2.94 bits per heavy atom.